The molecule has 0 aliphatic carbocycles. The van der Waals surface area contributed by atoms with Gasteiger partial charge in [0.25, 0.3) is 0 Å². The first-order chi connectivity index (χ1) is 8.62. The number of hydrogen-bond donors (Lipinski definition) is 2. The average molecular weight is 375 g/mol. The second kappa shape index (κ2) is 6.27. The van der Waals surface area contributed by atoms with E-state index in [1.165, 1.54) is 6.07 Å². The Balaban J connectivity index is 2.71. The van der Waals surface area contributed by atoms with Crippen LogP contribution in [0.4, 0.5) is 4.39 Å². The predicted molar refractivity (Wildman–Crippen MR) is 71.9 cm³/mol. The van der Waals surface area contributed by atoms with Crippen molar-refractivity contribution in [2.45, 2.75) is 11.3 Å². The molecule has 3 N–H and O–H groups in total. The van der Waals surface area contributed by atoms with E-state index < -0.39 is 30.8 Å². The van der Waals surface area contributed by atoms with Gasteiger partial charge in [-0.15, -0.1) is 0 Å². The summed E-state index contributed by atoms with van der Waals surface area (Å²) in [5, 5.41) is 4.77. The fraction of sp³-hybridized carbons (Fsp3) is 0.333. The highest BCUT2D eigenvalue weighted by atomic mass is 79.9. The lowest BCUT2D eigenvalue weighted by atomic mass is 10.3. The number of benzene rings is 1. The van der Waals surface area contributed by atoms with E-state index in [0.717, 1.165) is 12.1 Å². The number of primary sulfonamides is 1. The van der Waals surface area contributed by atoms with Crippen molar-refractivity contribution in [3.63, 3.8) is 0 Å². The van der Waals surface area contributed by atoms with E-state index in [1.807, 2.05) is 0 Å². The summed E-state index contributed by atoms with van der Waals surface area (Å²) in [7, 11) is -7.64. The molecule has 19 heavy (non-hydrogen) atoms. The van der Waals surface area contributed by atoms with Gasteiger partial charge in [-0.3, -0.25) is 0 Å². The zero-order chi connectivity index (χ0) is 14.7. The lowest BCUT2D eigenvalue weighted by Crippen LogP contribution is -2.28. The predicted octanol–water partition coefficient (Wildman–Crippen LogP) is 0.545. The Labute approximate surface area is 119 Å². The van der Waals surface area contributed by atoms with E-state index in [-0.39, 0.29) is 18.7 Å². The topological polar surface area (TPSA) is 106 Å². The van der Waals surface area contributed by atoms with Crippen LogP contribution in [0, 0.1) is 5.82 Å². The van der Waals surface area contributed by atoms with Crippen molar-refractivity contribution in [2.75, 3.05) is 12.3 Å². The minimum absolute atomic E-state index is 0.0101. The third-order valence-corrected chi connectivity index (χ3v) is 4.93. The maximum atomic E-state index is 13.5. The molecule has 0 spiro atoms. The van der Waals surface area contributed by atoms with Crippen molar-refractivity contribution >= 4 is 36.0 Å². The molecule has 0 aromatic heterocycles. The highest BCUT2D eigenvalue weighted by Gasteiger charge is 2.18. The summed E-state index contributed by atoms with van der Waals surface area (Å²) in [5.74, 6) is -1.24. The second-order valence-electron chi connectivity index (χ2n) is 3.69. The molecule has 108 valence electrons. The molecular formula is C9H12BrFN2O4S2. The van der Waals surface area contributed by atoms with Crippen LogP contribution >= 0.6 is 15.9 Å². The Morgan fingerprint density at radius 3 is 2.42 bits per heavy atom. The molecule has 0 bridgehead atoms. The standard InChI is InChI=1S/C9H12BrFN2O4S2/c10-7-2-3-9(8(11)6-7)19(16,17)13-4-1-5-18(12,14)15/h2-3,6,13H,1,4-5H2,(H2,12,14,15). The van der Waals surface area contributed by atoms with Gasteiger partial charge in [0.05, 0.1) is 5.75 Å². The van der Waals surface area contributed by atoms with Gasteiger partial charge in [-0.2, -0.15) is 0 Å². The quantitative estimate of drug-likeness (QED) is 0.708. The molecule has 10 heteroatoms. The van der Waals surface area contributed by atoms with Crippen molar-refractivity contribution in [3.05, 3.63) is 28.5 Å². The van der Waals surface area contributed by atoms with Gasteiger partial charge in [-0.05, 0) is 24.6 Å². The van der Waals surface area contributed by atoms with E-state index in [1.54, 1.807) is 0 Å². The smallest absolute Gasteiger partial charge is 0.229 e. The number of nitrogens with one attached hydrogen (secondary N) is 1. The van der Waals surface area contributed by atoms with Gasteiger partial charge in [-0.1, -0.05) is 15.9 Å². The summed E-state index contributed by atoms with van der Waals surface area (Å²) in [6.45, 7) is -0.145. The summed E-state index contributed by atoms with van der Waals surface area (Å²) in [4.78, 5) is -0.494. The van der Waals surface area contributed by atoms with E-state index >= 15 is 0 Å². The van der Waals surface area contributed by atoms with Crippen LogP contribution in [0.25, 0.3) is 0 Å². The third-order valence-electron chi connectivity index (χ3n) is 2.08. The highest BCUT2D eigenvalue weighted by Crippen LogP contribution is 2.19. The number of halogens is 2. The summed E-state index contributed by atoms with van der Waals surface area (Å²) in [6.07, 6.45) is 0.0101. The fourth-order valence-corrected chi connectivity index (χ4v) is 3.26. The van der Waals surface area contributed by atoms with Gasteiger partial charge in [0, 0.05) is 11.0 Å². The van der Waals surface area contributed by atoms with Crippen LogP contribution < -0.4 is 9.86 Å². The molecule has 0 heterocycles. The zero-order valence-electron chi connectivity index (χ0n) is 9.64. The Hall–Kier alpha value is -0.550. The van der Waals surface area contributed by atoms with Crippen molar-refractivity contribution in [1.82, 2.24) is 4.72 Å². The third kappa shape index (κ3) is 5.53. The van der Waals surface area contributed by atoms with Gasteiger partial charge < -0.3 is 0 Å². The molecule has 0 unspecified atom stereocenters. The number of rotatable bonds is 6. The average Bonchev–Trinajstić information content (AvgIpc) is 2.22. The van der Waals surface area contributed by atoms with Gasteiger partial charge >= 0.3 is 0 Å². The first-order valence-electron chi connectivity index (χ1n) is 5.07. The van der Waals surface area contributed by atoms with Crippen LogP contribution in [0.3, 0.4) is 0 Å². The maximum Gasteiger partial charge on any atom is 0.243 e. The lowest BCUT2D eigenvalue weighted by Gasteiger charge is -2.07. The van der Waals surface area contributed by atoms with Gasteiger partial charge in [0.2, 0.25) is 20.0 Å². The van der Waals surface area contributed by atoms with Crippen molar-refractivity contribution < 1.29 is 21.2 Å². The van der Waals surface area contributed by atoms with Crippen molar-refractivity contribution in [1.29, 1.82) is 0 Å². The summed E-state index contributed by atoms with van der Waals surface area (Å²) in [6, 6.07) is 3.53. The lowest BCUT2D eigenvalue weighted by molar-refractivity contribution is 0.555. The Bertz CT molecular complexity index is 661. The minimum Gasteiger partial charge on any atom is -0.229 e. The molecule has 0 saturated heterocycles. The molecular weight excluding hydrogens is 363 g/mol. The van der Waals surface area contributed by atoms with Gasteiger partial charge in [0.1, 0.15) is 10.7 Å². The molecule has 0 saturated carbocycles. The molecule has 0 aliphatic heterocycles. The first kappa shape index (κ1) is 16.5. The number of sulfonamides is 2. The molecule has 0 amide bonds. The van der Waals surface area contributed by atoms with Crippen LogP contribution in [-0.4, -0.2) is 29.1 Å². The summed E-state index contributed by atoms with van der Waals surface area (Å²) in [5.41, 5.74) is 0. The van der Waals surface area contributed by atoms with Gasteiger partial charge in [0.15, 0.2) is 0 Å². The van der Waals surface area contributed by atoms with Crippen LogP contribution in [-0.2, 0) is 20.0 Å². The molecule has 1 aromatic rings. The van der Waals surface area contributed by atoms with E-state index in [4.69, 9.17) is 5.14 Å². The molecule has 0 atom stereocenters. The molecule has 1 aromatic carbocycles. The Morgan fingerprint density at radius 2 is 1.89 bits per heavy atom. The zero-order valence-corrected chi connectivity index (χ0v) is 12.9. The molecule has 0 fully saturated rings. The van der Waals surface area contributed by atoms with Crippen LogP contribution in [0.15, 0.2) is 27.6 Å². The number of hydrogen-bond acceptors (Lipinski definition) is 4. The van der Waals surface area contributed by atoms with Crippen LogP contribution in [0.2, 0.25) is 0 Å². The first-order valence-corrected chi connectivity index (χ1v) is 9.06. The maximum absolute atomic E-state index is 13.5. The van der Waals surface area contributed by atoms with Crippen LogP contribution in [0.5, 0.6) is 0 Å². The monoisotopic (exact) mass is 374 g/mol. The normalized spacial score (nSPS) is 12.6. The minimum atomic E-state index is -4.01. The van der Waals surface area contributed by atoms with Crippen molar-refractivity contribution in [3.8, 4) is 0 Å². The molecule has 1 rings (SSSR count). The molecule has 6 nitrogen and oxygen atoms in total. The molecule has 0 aliphatic rings. The second-order valence-corrected chi connectivity index (χ2v) is 8.08. The van der Waals surface area contributed by atoms with E-state index in [9.17, 15) is 21.2 Å². The fourth-order valence-electron chi connectivity index (χ4n) is 1.25. The van der Waals surface area contributed by atoms with Crippen LogP contribution in [0.1, 0.15) is 6.42 Å². The SMILES string of the molecule is NS(=O)(=O)CCCNS(=O)(=O)c1ccc(Br)cc1F. The summed E-state index contributed by atoms with van der Waals surface area (Å²) < 4.78 is 60.8. The van der Waals surface area contributed by atoms with E-state index in [0.29, 0.717) is 4.47 Å². The Morgan fingerprint density at radius 1 is 1.26 bits per heavy atom. The van der Waals surface area contributed by atoms with Gasteiger partial charge in [-0.25, -0.2) is 31.1 Å². The molecule has 0 radical (unpaired) electrons. The van der Waals surface area contributed by atoms with E-state index in [2.05, 4.69) is 20.7 Å². The Kier molecular flexibility index (Phi) is 5.44. The number of nitrogens with two attached hydrogens (primary N) is 1. The largest absolute Gasteiger partial charge is 0.243 e. The highest BCUT2D eigenvalue weighted by molar-refractivity contribution is 9.10. The van der Waals surface area contributed by atoms with Crippen molar-refractivity contribution in [2.24, 2.45) is 5.14 Å². The summed E-state index contributed by atoms with van der Waals surface area (Å²) >= 11 is 3.01.